The van der Waals surface area contributed by atoms with Gasteiger partial charge in [0.2, 0.25) is 0 Å². The standard InChI is InChI=1S/C16H17Cl2NS/c1-10(8-11-2-4-12(17)5-3-11)19-14-6-7-15-13(14)9-16(18)20-15/h2-5,9-10,14,19H,6-8H2,1H3. The Morgan fingerprint density at radius 2 is 2.05 bits per heavy atom. The molecule has 1 N–H and O–H groups in total. The zero-order valence-electron chi connectivity index (χ0n) is 11.3. The Labute approximate surface area is 133 Å². The zero-order valence-corrected chi connectivity index (χ0v) is 13.7. The van der Waals surface area contributed by atoms with Gasteiger partial charge in [-0.25, -0.2) is 0 Å². The third-order valence-electron chi connectivity index (χ3n) is 3.79. The Hall–Kier alpha value is -0.540. The molecule has 1 heterocycles. The monoisotopic (exact) mass is 325 g/mol. The first kappa shape index (κ1) is 14.4. The van der Waals surface area contributed by atoms with E-state index in [0.29, 0.717) is 12.1 Å². The molecule has 20 heavy (non-hydrogen) atoms. The summed E-state index contributed by atoms with van der Waals surface area (Å²) in [4.78, 5) is 1.45. The molecule has 1 aromatic carbocycles. The maximum atomic E-state index is 6.10. The third kappa shape index (κ3) is 3.20. The highest BCUT2D eigenvalue weighted by Crippen LogP contribution is 2.39. The highest BCUT2D eigenvalue weighted by atomic mass is 35.5. The molecule has 2 aromatic rings. The quantitative estimate of drug-likeness (QED) is 0.808. The van der Waals surface area contributed by atoms with Gasteiger partial charge in [-0.1, -0.05) is 35.3 Å². The maximum Gasteiger partial charge on any atom is 0.0934 e. The zero-order chi connectivity index (χ0) is 14.1. The van der Waals surface area contributed by atoms with Gasteiger partial charge < -0.3 is 5.32 Å². The Morgan fingerprint density at radius 3 is 2.80 bits per heavy atom. The lowest BCUT2D eigenvalue weighted by Gasteiger charge is -2.20. The molecule has 0 bridgehead atoms. The van der Waals surface area contributed by atoms with Crippen LogP contribution in [-0.2, 0) is 12.8 Å². The summed E-state index contributed by atoms with van der Waals surface area (Å²) in [5.74, 6) is 0. The fourth-order valence-electron chi connectivity index (χ4n) is 2.88. The van der Waals surface area contributed by atoms with Gasteiger partial charge in [0.15, 0.2) is 0 Å². The normalized spacial score (nSPS) is 19.1. The van der Waals surface area contributed by atoms with Crippen LogP contribution in [0.4, 0.5) is 0 Å². The SMILES string of the molecule is CC(Cc1ccc(Cl)cc1)NC1CCc2sc(Cl)cc21. The highest BCUT2D eigenvalue weighted by Gasteiger charge is 2.25. The molecule has 0 fully saturated rings. The Bertz CT molecular complexity index is 591. The van der Waals surface area contributed by atoms with Gasteiger partial charge in [-0.2, -0.15) is 0 Å². The summed E-state index contributed by atoms with van der Waals surface area (Å²) in [5.41, 5.74) is 2.72. The summed E-state index contributed by atoms with van der Waals surface area (Å²) in [6, 6.07) is 11.1. The van der Waals surface area contributed by atoms with Gasteiger partial charge in [-0.05, 0) is 55.5 Å². The van der Waals surface area contributed by atoms with E-state index in [4.69, 9.17) is 23.2 Å². The number of aryl methyl sites for hydroxylation is 1. The molecule has 0 spiro atoms. The van der Waals surface area contributed by atoms with Crippen LogP contribution in [0.3, 0.4) is 0 Å². The summed E-state index contributed by atoms with van der Waals surface area (Å²) in [7, 11) is 0. The van der Waals surface area contributed by atoms with Crippen LogP contribution in [0.15, 0.2) is 30.3 Å². The van der Waals surface area contributed by atoms with Crippen molar-refractivity contribution in [1.29, 1.82) is 0 Å². The summed E-state index contributed by atoms with van der Waals surface area (Å²) in [6.45, 7) is 2.24. The Morgan fingerprint density at radius 1 is 1.30 bits per heavy atom. The topological polar surface area (TPSA) is 12.0 Å². The Balaban J connectivity index is 1.62. The average molecular weight is 326 g/mol. The lowest BCUT2D eigenvalue weighted by molar-refractivity contribution is 0.451. The van der Waals surface area contributed by atoms with Gasteiger partial charge in [-0.15, -0.1) is 11.3 Å². The molecule has 0 aliphatic heterocycles. The first-order chi connectivity index (χ1) is 9.61. The number of hydrogen-bond donors (Lipinski definition) is 1. The molecule has 2 atom stereocenters. The molecule has 106 valence electrons. The lowest BCUT2D eigenvalue weighted by Crippen LogP contribution is -2.31. The number of halogens is 2. The second-order valence-electron chi connectivity index (χ2n) is 5.42. The van der Waals surface area contributed by atoms with Crippen LogP contribution in [0.2, 0.25) is 9.36 Å². The molecule has 2 unspecified atom stereocenters. The van der Waals surface area contributed by atoms with E-state index < -0.39 is 0 Å². The van der Waals surface area contributed by atoms with Crippen molar-refractivity contribution in [3.8, 4) is 0 Å². The van der Waals surface area contributed by atoms with Crippen molar-refractivity contribution in [3.05, 3.63) is 55.7 Å². The second-order valence-corrected chi connectivity index (χ2v) is 7.62. The molecule has 0 radical (unpaired) electrons. The molecule has 1 aromatic heterocycles. The summed E-state index contributed by atoms with van der Waals surface area (Å²) < 4.78 is 0.909. The molecule has 0 saturated heterocycles. The molecule has 0 amide bonds. The molecule has 1 aliphatic carbocycles. The van der Waals surface area contributed by atoms with E-state index in [-0.39, 0.29) is 0 Å². The lowest BCUT2D eigenvalue weighted by atomic mass is 10.1. The van der Waals surface area contributed by atoms with E-state index in [2.05, 4.69) is 30.4 Å². The van der Waals surface area contributed by atoms with Crippen molar-refractivity contribution in [1.82, 2.24) is 5.32 Å². The largest absolute Gasteiger partial charge is 0.307 e. The summed E-state index contributed by atoms with van der Waals surface area (Å²) in [6.07, 6.45) is 3.35. The second kappa shape index (κ2) is 6.07. The minimum Gasteiger partial charge on any atom is -0.307 e. The summed E-state index contributed by atoms with van der Waals surface area (Å²) in [5, 5.41) is 4.52. The molecular weight excluding hydrogens is 309 g/mol. The van der Waals surface area contributed by atoms with Crippen molar-refractivity contribution in [2.24, 2.45) is 0 Å². The van der Waals surface area contributed by atoms with Crippen LogP contribution in [-0.4, -0.2) is 6.04 Å². The van der Waals surface area contributed by atoms with Gasteiger partial charge in [0.1, 0.15) is 0 Å². The van der Waals surface area contributed by atoms with Crippen LogP contribution < -0.4 is 5.32 Å². The van der Waals surface area contributed by atoms with Crippen LogP contribution >= 0.6 is 34.5 Å². The van der Waals surface area contributed by atoms with Crippen LogP contribution in [0, 0.1) is 0 Å². The Kier molecular flexibility index (Phi) is 4.37. The molecular formula is C16H17Cl2NS. The maximum absolute atomic E-state index is 6.10. The van der Waals surface area contributed by atoms with Crippen LogP contribution in [0.5, 0.6) is 0 Å². The molecule has 3 rings (SSSR count). The number of hydrogen-bond acceptors (Lipinski definition) is 2. The van der Waals surface area contributed by atoms with E-state index in [9.17, 15) is 0 Å². The predicted octanol–water partition coefficient (Wildman–Crippen LogP) is 5.26. The summed E-state index contributed by atoms with van der Waals surface area (Å²) >= 11 is 13.7. The highest BCUT2D eigenvalue weighted by molar-refractivity contribution is 7.16. The molecule has 0 saturated carbocycles. The van der Waals surface area contributed by atoms with Crippen molar-refractivity contribution >= 4 is 34.5 Å². The smallest absolute Gasteiger partial charge is 0.0934 e. The van der Waals surface area contributed by atoms with Gasteiger partial charge >= 0.3 is 0 Å². The fraction of sp³-hybridized carbons (Fsp3) is 0.375. The minimum atomic E-state index is 0.436. The van der Waals surface area contributed by atoms with E-state index >= 15 is 0 Å². The number of benzene rings is 1. The van der Waals surface area contributed by atoms with Crippen molar-refractivity contribution in [2.45, 2.75) is 38.3 Å². The van der Waals surface area contributed by atoms with Gasteiger partial charge in [0.05, 0.1) is 4.34 Å². The van der Waals surface area contributed by atoms with Crippen LogP contribution in [0.1, 0.15) is 35.4 Å². The van der Waals surface area contributed by atoms with Crippen molar-refractivity contribution < 1.29 is 0 Å². The number of rotatable bonds is 4. The van der Waals surface area contributed by atoms with Gasteiger partial charge in [-0.3, -0.25) is 0 Å². The van der Waals surface area contributed by atoms with E-state index in [1.54, 1.807) is 11.3 Å². The van der Waals surface area contributed by atoms with Crippen molar-refractivity contribution in [2.75, 3.05) is 0 Å². The van der Waals surface area contributed by atoms with E-state index in [0.717, 1.165) is 22.2 Å². The minimum absolute atomic E-state index is 0.436. The predicted molar refractivity (Wildman–Crippen MR) is 88.1 cm³/mol. The number of nitrogens with one attached hydrogen (secondary N) is 1. The fourth-order valence-corrected chi connectivity index (χ4v) is 4.36. The van der Waals surface area contributed by atoms with Gasteiger partial charge in [0, 0.05) is 22.0 Å². The first-order valence-electron chi connectivity index (χ1n) is 6.90. The first-order valence-corrected chi connectivity index (χ1v) is 8.47. The van der Waals surface area contributed by atoms with Crippen molar-refractivity contribution in [3.63, 3.8) is 0 Å². The average Bonchev–Trinajstić information content (AvgIpc) is 2.93. The number of fused-ring (bicyclic) bond motifs is 1. The van der Waals surface area contributed by atoms with E-state index in [1.807, 2.05) is 12.1 Å². The van der Waals surface area contributed by atoms with E-state index in [1.165, 1.54) is 22.4 Å². The molecule has 4 heteroatoms. The molecule has 1 nitrogen and oxygen atoms in total. The molecule has 1 aliphatic rings. The third-order valence-corrected chi connectivity index (χ3v) is 5.38. The number of thiophene rings is 1. The van der Waals surface area contributed by atoms with Crippen LogP contribution in [0.25, 0.3) is 0 Å². The van der Waals surface area contributed by atoms with Gasteiger partial charge in [0.25, 0.3) is 0 Å².